The second kappa shape index (κ2) is 21.7. The number of nitrogens with one attached hydrogen (secondary N) is 1. The van der Waals surface area contributed by atoms with E-state index in [-0.39, 0.29) is 0 Å². The van der Waals surface area contributed by atoms with Gasteiger partial charge in [-0.15, -0.1) is 0 Å². The van der Waals surface area contributed by atoms with Crippen molar-refractivity contribution in [1.29, 1.82) is 0 Å². The molecule has 0 amide bonds. The van der Waals surface area contributed by atoms with Gasteiger partial charge in [-0.05, 0) is 51.6 Å². The van der Waals surface area contributed by atoms with Gasteiger partial charge in [0, 0.05) is 6.61 Å². The molecule has 0 bridgehead atoms. The molecule has 23 heavy (non-hydrogen) atoms. The molecule has 0 aliphatic rings. The molecule has 0 atom stereocenters. The van der Waals surface area contributed by atoms with Gasteiger partial charge in [0.25, 0.3) is 0 Å². The fraction of sp³-hybridized carbons (Fsp3) is 0.905. The molecule has 0 fully saturated rings. The van der Waals surface area contributed by atoms with Gasteiger partial charge < -0.3 is 10.4 Å². The first-order valence-corrected chi connectivity index (χ1v) is 10.4. The Labute approximate surface area is 146 Å². The third-order valence-corrected chi connectivity index (χ3v) is 4.38. The van der Waals surface area contributed by atoms with Gasteiger partial charge in [0.1, 0.15) is 0 Å². The molecule has 0 radical (unpaired) electrons. The van der Waals surface area contributed by atoms with Crippen LogP contribution in [-0.2, 0) is 0 Å². The van der Waals surface area contributed by atoms with Crippen LogP contribution in [0.3, 0.4) is 0 Å². The molecule has 0 unspecified atom stereocenters. The summed E-state index contributed by atoms with van der Waals surface area (Å²) in [4.78, 5) is 0. The number of aliphatic hydroxyl groups excluding tert-OH is 1. The second-order valence-corrected chi connectivity index (χ2v) is 6.77. The predicted octanol–water partition coefficient (Wildman–Crippen LogP) is 6.00. The van der Waals surface area contributed by atoms with Crippen molar-refractivity contribution < 1.29 is 5.11 Å². The van der Waals surface area contributed by atoms with E-state index >= 15 is 0 Å². The maximum absolute atomic E-state index is 8.67. The number of hydrogen-bond donors (Lipinski definition) is 2. The molecule has 0 aromatic carbocycles. The van der Waals surface area contributed by atoms with E-state index in [1.165, 1.54) is 89.9 Å². The standard InChI is InChI=1S/C21H43NO/c1-2-3-4-5-6-7-8-9-10-11-12-13-14-15-16-17-19-22-20-18-21-23/h9-10,22-23H,2-8,11-21H2,1H3. The molecule has 0 aliphatic heterocycles. The number of hydrogen-bond acceptors (Lipinski definition) is 2. The highest BCUT2D eigenvalue weighted by Crippen LogP contribution is 2.09. The number of unbranched alkanes of at least 4 members (excludes halogenated alkanes) is 12. The highest BCUT2D eigenvalue weighted by molar-refractivity contribution is 4.81. The van der Waals surface area contributed by atoms with E-state index in [1.807, 2.05) is 0 Å². The van der Waals surface area contributed by atoms with Crippen molar-refractivity contribution in [2.75, 3.05) is 19.7 Å². The van der Waals surface area contributed by atoms with Crippen molar-refractivity contribution in [2.24, 2.45) is 0 Å². The average molecular weight is 326 g/mol. The quantitative estimate of drug-likeness (QED) is 0.226. The van der Waals surface area contributed by atoms with Gasteiger partial charge in [-0.25, -0.2) is 0 Å². The van der Waals surface area contributed by atoms with Crippen molar-refractivity contribution >= 4 is 0 Å². The molecule has 138 valence electrons. The van der Waals surface area contributed by atoms with Crippen molar-refractivity contribution in [1.82, 2.24) is 5.32 Å². The Morgan fingerprint density at radius 1 is 0.609 bits per heavy atom. The third-order valence-electron chi connectivity index (χ3n) is 4.38. The topological polar surface area (TPSA) is 32.3 Å². The van der Waals surface area contributed by atoms with E-state index in [4.69, 9.17) is 5.11 Å². The van der Waals surface area contributed by atoms with Gasteiger partial charge in [0.05, 0.1) is 0 Å². The normalized spacial score (nSPS) is 11.6. The predicted molar refractivity (Wildman–Crippen MR) is 104 cm³/mol. The average Bonchev–Trinajstić information content (AvgIpc) is 2.57. The molecule has 0 aliphatic carbocycles. The Hall–Kier alpha value is -0.340. The Kier molecular flexibility index (Phi) is 21.3. The maximum atomic E-state index is 8.67. The SMILES string of the molecule is CCCCCCCCC=CCCCCCCCCNCCCO. The van der Waals surface area contributed by atoms with Gasteiger partial charge in [-0.1, -0.05) is 76.9 Å². The molecular weight excluding hydrogens is 282 g/mol. The van der Waals surface area contributed by atoms with E-state index in [1.54, 1.807) is 0 Å². The summed E-state index contributed by atoms with van der Waals surface area (Å²) in [5.74, 6) is 0. The monoisotopic (exact) mass is 325 g/mol. The minimum Gasteiger partial charge on any atom is -0.396 e. The lowest BCUT2D eigenvalue weighted by Crippen LogP contribution is -2.17. The first-order chi connectivity index (χ1) is 11.4. The van der Waals surface area contributed by atoms with Crippen LogP contribution in [0.15, 0.2) is 12.2 Å². The molecular formula is C21H43NO. The van der Waals surface area contributed by atoms with Crippen molar-refractivity contribution in [3.05, 3.63) is 12.2 Å². The van der Waals surface area contributed by atoms with Crippen molar-refractivity contribution in [3.63, 3.8) is 0 Å². The molecule has 0 saturated heterocycles. The molecule has 0 heterocycles. The number of allylic oxidation sites excluding steroid dienone is 2. The second-order valence-electron chi connectivity index (χ2n) is 6.77. The Bertz CT molecular complexity index is 228. The molecule has 2 nitrogen and oxygen atoms in total. The van der Waals surface area contributed by atoms with E-state index in [9.17, 15) is 0 Å². The molecule has 0 rings (SSSR count). The zero-order valence-electron chi connectivity index (χ0n) is 15.8. The summed E-state index contributed by atoms with van der Waals surface area (Å²) in [6.07, 6.45) is 24.8. The number of rotatable bonds is 19. The van der Waals surface area contributed by atoms with Crippen LogP contribution in [-0.4, -0.2) is 24.8 Å². The van der Waals surface area contributed by atoms with Gasteiger partial charge in [0.15, 0.2) is 0 Å². The minimum absolute atomic E-state index is 0.306. The number of aliphatic hydroxyl groups is 1. The molecule has 0 spiro atoms. The van der Waals surface area contributed by atoms with Crippen LogP contribution >= 0.6 is 0 Å². The summed E-state index contributed by atoms with van der Waals surface area (Å²) in [6.45, 7) is 4.66. The highest BCUT2D eigenvalue weighted by Gasteiger charge is 1.92. The lowest BCUT2D eigenvalue weighted by atomic mass is 10.1. The van der Waals surface area contributed by atoms with Crippen molar-refractivity contribution in [2.45, 2.75) is 103 Å². The van der Waals surface area contributed by atoms with Gasteiger partial charge in [-0.3, -0.25) is 0 Å². The van der Waals surface area contributed by atoms with E-state index in [2.05, 4.69) is 24.4 Å². The van der Waals surface area contributed by atoms with Crippen molar-refractivity contribution in [3.8, 4) is 0 Å². The third kappa shape index (κ3) is 21.7. The summed E-state index contributed by atoms with van der Waals surface area (Å²) < 4.78 is 0. The fourth-order valence-corrected chi connectivity index (χ4v) is 2.83. The van der Waals surface area contributed by atoms with Gasteiger partial charge in [0.2, 0.25) is 0 Å². The zero-order chi connectivity index (χ0) is 16.8. The lowest BCUT2D eigenvalue weighted by Gasteiger charge is -2.03. The first-order valence-electron chi connectivity index (χ1n) is 10.4. The van der Waals surface area contributed by atoms with Crippen LogP contribution in [0, 0.1) is 0 Å². The molecule has 0 aromatic heterocycles. The van der Waals surface area contributed by atoms with Crippen LogP contribution in [0.25, 0.3) is 0 Å². The van der Waals surface area contributed by atoms with Crippen LogP contribution in [0.5, 0.6) is 0 Å². The summed E-state index contributed by atoms with van der Waals surface area (Å²) in [5.41, 5.74) is 0. The van der Waals surface area contributed by atoms with Crippen LogP contribution in [0.4, 0.5) is 0 Å². The molecule has 2 heteroatoms. The molecule has 2 N–H and O–H groups in total. The van der Waals surface area contributed by atoms with Gasteiger partial charge >= 0.3 is 0 Å². The van der Waals surface area contributed by atoms with E-state index in [0.29, 0.717) is 6.61 Å². The van der Waals surface area contributed by atoms with Gasteiger partial charge in [-0.2, -0.15) is 0 Å². The Morgan fingerprint density at radius 2 is 1.09 bits per heavy atom. The summed E-state index contributed by atoms with van der Waals surface area (Å²) >= 11 is 0. The molecule has 0 saturated carbocycles. The fourth-order valence-electron chi connectivity index (χ4n) is 2.83. The van der Waals surface area contributed by atoms with E-state index < -0.39 is 0 Å². The van der Waals surface area contributed by atoms with Crippen LogP contribution in [0.2, 0.25) is 0 Å². The van der Waals surface area contributed by atoms with E-state index in [0.717, 1.165) is 19.5 Å². The van der Waals surface area contributed by atoms with Crippen LogP contribution < -0.4 is 5.32 Å². The first kappa shape index (κ1) is 22.7. The Balaban J connectivity index is 3.02. The highest BCUT2D eigenvalue weighted by atomic mass is 16.3. The summed E-state index contributed by atoms with van der Waals surface area (Å²) in [5, 5.41) is 12.0. The smallest absolute Gasteiger partial charge is 0.0443 e. The molecule has 0 aromatic rings. The summed E-state index contributed by atoms with van der Waals surface area (Å²) in [6, 6.07) is 0. The van der Waals surface area contributed by atoms with Crippen LogP contribution in [0.1, 0.15) is 103 Å². The zero-order valence-corrected chi connectivity index (χ0v) is 15.8. The Morgan fingerprint density at radius 3 is 1.65 bits per heavy atom. The lowest BCUT2D eigenvalue weighted by molar-refractivity contribution is 0.286. The largest absolute Gasteiger partial charge is 0.396 e. The minimum atomic E-state index is 0.306. The summed E-state index contributed by atoms with van der Waals surface area (Å²) in [7, 11) is 0. The maximum Gasteiger partial charge on any atom is 0.0443 e.